The number of hydrogen-bond donors (Lipinski definition) is 2. The number of aryl methyl sites for hydroxylation is 1. The molecule has 0 aliphatic rings. The van der Waals surface area contributed by atoms with E-state index in [0.29, 0.717) is 12.2 Å². The molecule has 0 aliphatic carbocycles. The third-order valence-electron chi connectivity index (χ3n) is 3.37. The molecule has 3 aromatic heterocycles. The van der Waals surface area contributed by atoms with Crippen LogP contribution in [-0.4, -0.2) is 25.9 Å². The molecule has 0 saturated carbocycles. The van der Waals surface area contributed by atoms with Gasteiger partial charge in [0.05, 0.1) is 16.8 Å². The second-order valence-electron chi connectivity index (χ2n) is 4.71. The average molecular weight is 301 g/mol. The largest absolute Gasteiger partial charge is 0.346 e. The van der Waals surface area contributed by atoms with Gasteiger partial charge in [-0.05, 0) is 24.4 Å². The Morgan fingerprint density at radius 3 is 3.05 bits per heavy atom. The van der Waals surface area contributed by atoms with Gasteiger partial charge >= 0.3 is 0 Å². The minimum Gasteiger partial charge on any atom is -0.346 e. The summed E-state index contributed by atoms with van der Waals surface area (Å²) in [5.74, 6) is -0.197. The van der Waals surface area contributed by atoms with E-state index < -0.39 is 0 Å². The lowest BCUT2D eigenvalue weighted by Crippen LogP contribution is -2.23. The van der Waals surface area contributed by atoms with Crippen LogP contribution in [0.2, 0.25) is 0 Å². The Morgan fingerprint density at radius 2 is 2.38 bits per heavy atom. The van der Waals surface area contributed by atoms with E-state index in [-0.39, 0.29) is 5.91 Å². The first-order valence-electron chi connectivity index (χ1n) is 6.50. The van der Waals surface area contributed by atoms with Crippen molar-refractivity contribution < 1.29 is 4.79 Å². The minimum absolute atomic E-state index is 0.197. The van der Waals surface area contributed by atoms with Gasteiger partial charge in [0.1, 0.15) is 0 Å². The Morgan fingerprint density at radius 1 is 1.52 bits per heavy atom. The maximum Gasteiger partial charge on any atom is 0.272 e. The van der Waals surface area contributed by atoms with E-state index in [4.69, 9.17) is 0 Å². The molecule has 3 aromatic rings. The second-order valence-corrected chi connectivity index (χ2v) is 5.65. The first kappa shape index (κ1) is 13.6. The highest BCUT2D eigenvalue weighted by Gasteiger charge is 2.12. The van der Waals surface area contributed by atoms with Crippen LogP contribution in [0.3, 0.4) is 0 Å². The van der Waals surface area contributed by atoms with Crippen molar-refractivity contribution >= 4 is 17.2 Å². The Kier molecular flexibility index (Phi) is 3.57. The number of thiophene rings is 1. The number of nitrogens with one attached hydrogen (secondary N) is 2. The number of carbonyl (C=O) groups is 1. The summed E-state index contributed by atoms with van der Waals surface area (Å²) < 4.78 is 1.78. The highest BCUT2D eigenvalue weighted by Crippen LogP contribution is 2.22. The lowest BCUT2D eigenvalue weighted by molar-refractivity contribution is 0.0946. The summed E-state index contributed by atoms with van der Waals surface area (Å²) in [7, 11) is 1.88. The van der Waals surface area contributed by atoms with Crippen LogP contribution < -0.4 is 5.32 Å². The van der Waals surface area contributed by atoms with Crippen LogP contribution in [0.1, 0.15) is 21.7 Å². The van der Waals surface area contributed by atoms with Gasteiger partial charge < -0.3 is 5.32 Å². The lowest BCUT2D eigenvalue weighted by Gasteiger charge is -2.02. The molecule has 3 rings (SSSR count). The molecule has 0 fully saturated rings. The molecular formula is C14H15N5OS. The molecule has 0 saturated heterocycles. The summed E-state index contributed by atoms with van der Waals surface area (Å²) in [5.41, 5.74) is 3.28. The number of aromatic nitrogens is 4. The molecule has 2 N–H and O–H groups in total. The predicted molar refractivity (Wildman–Crippen MR) is 81.0 cm³/mol. The molecule has 1 amide bonds. The van der Waals surface area contributed by atoms with Crippen molar-refractivity contribution in [2.75, 3.05) is 0 Å². The van der Waals surface area contributed by atoms with Crippen LogP contribution in [-0.2, 0) is 13.6 Å². The smallest absolute Gasteiger partial charge is 0.272 e. The van der Waals surface area contributed by atoms with E-state index >= 15 is 0 Å². The zero-order valence-electron chi connectivity index (χ0n) is 11.8. The van der Waals surface area contributed by atoms with Crippen molar-refractivity contribution in [2.24, 2.45) is 7.05 Å². The number of carbonyl (C=O) groups excluding carboxylic acids is 1. The molecule has 108 valence electrons. The molecule has 3 heterocycles. The summed E-state index contributed by atoms with van der Waals surface area (Å²) in [6.45, 7) is 2.41. The fraction of sp³-hybridized carbons (Fsp3) is 0.214. The highest BCUT2D eigenvalue weighted by molar-refractivity contribution is 7.13. The zero-order chi connectivity index (χ0) is 14.8. The molecule has 6 nitrogen and oxygen atoms in total. The van der Waals surface area contributed by atoms with Crippen LogP contribution in [0.25, 0.3) is 10.6 Å². The molecule has 0 spiro atoms. The quantitative estimate of drug-likeness (QED) is 0.775. The molecule has 0 radical (unpaired) electrons. The van der Waals surface area contributed by atoms with Crippen molar-refractivity contribution in [1.82, 2.24) is 25.3 Å². The van der Waals surface area contributed by atoms with Gasteiger partial charge in [0.15, 0.2) is 5.69 Å². The van der Waals surface area contributed by atoms with Crippen LogP contribution in [0.15, 0.2) is 29.8 Å². The van der Waals surface area contributed by atoms with Crippen molar-refractivity contribution in [1.29, 1.82) is 0 Å². The summed E-state index contributed by atoms with van der Waals surface area (Å²) in [4.78, 5) is 13.2. The fourth-order valence-electron chi connectivity index (χ4n) is 1.98. The van der Waals surface area contributed by atoms with Crippen molar-refractivity contribution in [3.05, 3.63) is 46.7 Å². The summed E-state index contributed by atoms with van der Waals surface area (Å²) in [6, 6.07) is 5.71. The summed E-state index contributed by atoms with van der Waals surface area (Å²) >= 11 is 1.60. The standard InChI is InChI=1S/C14H15N5OS/c1-9-10(8-16-19(9)2)7-15-14(20)12-6-11(17-18-12)13-4-3-5-21-13/h3-6,8H,7H2,1-2H3,(H,15,20)(H,17,18). The van der Waals surface area contributed by atoms with E-state index in [2.05, 4.69) is 20.6 Å². The van der Waals surface area contributed by atoms with Crippen LogP contribution in [0, 0.1) is 6.92 Å². The van der Waals surface area contributed by atoms with E-state index in [0.717, 1.165) is 21.8 Å². The fourth-order valence-corrected chi connectivity index (χ4v) is 2.67. The monoisotopic (exact) mass is 301 g/mol. The van der Waals surface area contributed by atoms with E-state index in [1.54, 1.807) is 28.3 Å². The van der Waals surface area contributed by atoms with Crippen LogP contribution >= 0.6 is 11.3 Å². The van der Waals surface area contributed by atoms with E-state index in [1.165, 1.54) is 0 Å². The Balaban J connectivity index is 1.67. The maximum atomic E-state index is 12.1. The zero-order valence-corrected chi connectivity index (χ0v) is 12.6. The molecule has 0 atom stereocenters. The number of aromatic amines is 1. The molecular weight excluding hydrogens is 286 g/mol. The van der Waals surface area contributed by atoms with Gasteiger partial charge in [-0.1, -0.05) is 6.07 Å². The van der Waals surface area contributed by atoms with Gasteiger partial charge in [-0.25, -0.2) is 0 Å². The molecule has 7 heteroatoms. The molecule has 21 heavy (non-hydrogen) atoms. The maximum absolute atomic E-state index is 12.1. The molecule has 0 unspecified atom stereocenters. The number of hydrogen-bond acceptors (Lipinski definition) is 4. The van der Waals surface area contributed by atoms with E-state index in [9.17, 15) is 4.79 Å². The Bertz CT molecular complexity index is 756. The third kappa shape index (κ3) is 2.73. The topological polar surface area (TPSA) is 75.6 Å². The first-order chi connectivity index (χ1) is 10.1. The normalized spacial score (nSPS) is 10.8. The minimum atomic E-state index is -0.197. The van der Waals surface area contributed by atoms with Gasteiger partial charge in [0.2, 0.25) is 0 Å². The predicted octanol–water partition coefficient (Wildman–Crippen LogP) is 2.11. The van der Waals surface area contributed by atoms with Gasteiger partial charge in [0, 0.05) is 24.8 Å². The number of rotatable bonds is 4. The van der Waals surface area contributed by atoms with Crippen LogP contribution in [0.4, 0.5) is 0 Å². The Labute approximate surface area is 125 Å². The first-order valence-corrected chi connectivity index (χ1v) is 7.38. The van der Waals surface area contributed by atoms with Gasteiger partial charge in [-0.15, -0.1) is 11.3 Å². The number of nitrogens with zero attached hydrogens (tertiary/aromatic N) is 3. The average Bonchev–Trinajstić information content (AvgIpc) is 3.19. The number of amides is 1. The molecule has 0 bridgehead atoms. The van der Waals surface area contributed by atoms with E-state index in [1.807, 2.05) is 31.5 Å². The van der Waals surface area contributed by atoms with Gasteiger partial charge in [0.25, 0.3) is 5.91 Å². The Hall–Kier alpha value is -2.41. The van der Waals surface area contributed by atoms with Crippen LogP contribution in [0.5, 0.6) is 0 Å². The van der Waals surface area contributed by atoms with Crippen molar-refractivity contribution in [2.45, 2.75) is 13.5 Å². The number of H-pyrrole nitrogens is 1. The SMILES string of the molecule is Cc1c(CNC(=O)c2cc(-c3cccs3)[nH]n2)cnn1C. The summed E-state index contributed by atoms with van der Waals surface area (Å²) in [6.07, 6.45) is 1.76. The molecule has 0 aromatic carbocycles. The summed E-state index contributed by atoms with van der Waals surface area (Å²) in [5, 5.41) is 15.9. The van der Waals surface area contributed by atoms with Crippen molar-refractivity contribution in [3.63, 3.8) is 0 Å². The highest BCUT2D eigenvalue weighted by atomic mass is 32.1. The lowest BCUT2D eigenvalue weighted by atomic mass is 10.2. The van der Waals surface area contributed by atoms with Crippen molar-refractivity contribution in [3.8, 4) is 10.6 Å². The third-order valence-corrected chi connectivity index (χ3v) is 4.28. The van der Waals surface area contributed by atoms with Gasteiger partial charge in [-0.3, -0.25) is 14.6 Å². The van der Waals surface area contributed by atoms with Gasteiger partial charge in [-0.2, -0.15) is 10.2 Å². The second kappa shape index (κ2) is 5.53. The molecule has 0 aliphatic heterocycles.